The largest absolute Gasteiger partial charge is 0.393 e. The summed E-state index contributed by atoms with van der Waals surface area (Å²) < 4.78 is 25.8. The monoisotopic (exact) mass is 273 g/mol. The molecule has 18 heavy (non-hydrogen) atoms. The minimum Gasteiger partial charge on any atom is -0.393 e. The van der Waals surface area contributed by atoms with Gasteiger partial charge in [-0.05, 0) is 25.5 Å². The zero-order valence-corrected chi connectivity index (χ0v) is 11.3. The molecule has 0 saturated heterocycles. The van der Waals surface area contributed by atoms with Crippen LogP contribution in [0.25, 0.3) is 0 Å². The van der Waals surface area contributed by atoms with E-state index in [4.69, 9.17) is 5.84 Å². The number of nitrogens with two attached hydrogens (primary N) is 1. The summed E-state index contributed by atoms with van der Waals surface area (Å²) in [5.74, 6) is 5.30. The minimum absolute atomic E-state index is 0.126. The molecule has 6 nitrogen and oxygen atoms in total. The number of hydrogen-bond donors (Lipinski definition) is 3. The molecule has 0 aromatic heterocycles. The zero-order chi connectivity index (χ0) is 13.8. The van der Waals surface area contributed by atoms with Gasteiger partial charge in [0.1, 0.15) is 4.90 Å². The Morgan fingerprint density at radius 1 is 1.44 bits per heavy atom. The quantitative estimate of drug-likeness (QED) is 0.514. The lowest BCUT2D eigenvalue weighted by atomic mass is 10.3. The van der Waals surface area contributed by atoms with Crippen LogP contribution in [-0.2, 0) is 10.0 Å². The topological polar surface area (TPSA) is 95.7 Å². The van der Waals surface area contributed by atoms with Crippen LogP contribution in [0.2, 0.25) is 0 Å². The van der Waals surface area contributed by atoms with Crippen molar-refractivity contribution in [2.45, 2.75) is 24.3 Å². The number of hydrazine groups is 1. The second-order valence-corrected chi connectivity index (χ2v) is 6.12. The molecule has 0 radical (unpaired) electrons. The molecule has 0 aliphatic carbocycles. The van der Waals surface area contributed by atoms with Crippen molar-refractivity contribution in [1.29, 1.82) is 0 Å². The summed E-state index contributed by atoms with van der Waals surface area (Å²) in [5, 5.41) is 9.18. The Morgan fingerprint density at radius 2 is 2.06 bits per heavy atom. The fraction of sp³-hybridized carbons (Fsp3) is 0.455. The molecule has 0 saturated carbocycles. The van der Waals surface area contributed by atoms with Gasteiger partial charge in [0.25, 0.3) is 0 Å². The standard InChI is InChI=1S/C11H19N3O3S/c1-9(15)7-8-14(2)18(16,17)11-6-4-3-5-10(11)13-12/h3-6,9,13,15H,7-8,12H2,1-2H3. The Bertz CT molecular complexity index is 488. The molecule has 1 unspecified atom stereocenters. The van der Waals surface area contributed by atoms with Gasteiger partial charge >= 0.3 is 0 Å². The molecule has 0 aliphatic heterocycles. The van der Waals surface area contributed by atoms with Crippen molar-refractivity contribution in [3.63, 3.8) is 0 Å². The summed E-state index contributed by atoms with van der Waals surface area (Å²) in [6.45, 7) is 1.87. The number of nitrogen functional groups attached to an aromatic ring is 1. The van der Waals surface area contributed by atoms with E-state index < -0.39 is 16.1 Å². The molecular formula is C11H19N3O3S. The first-order valence-corrected chi connectivity index (χ1v) is 7.03. The number of sulfonamides is 1. The van der Waals surface area contributed by atoms with Gasteiger partial charge in [0.2, 0.25) is 10.0 Å². The van der Waals surface area contributed by atoms with Gasteiger partial charge in [0.05, 0.1) is 11.8 Å². The average molecular weight is 273 g/mol. The smallest absolute Gasteiger partial charge is 0.244 e. The van der Waals surface area contributed by atoms with Crippen molar-refractivity contribution in [2.24, 2.45) is 5.84 Å². The van der Waals surface area contributed by atoms with E-state index in [1.54, 1.807) is 25.1 Å². The summed E-state index contributed by atoms with van der Waals surface area (Å²) >= 11 is 0. The van der Waals surface area contributed by atoms with Crippen molar-refractivity contribution in [1.82, 2.24) is 4.31 Å². The SMILES string of the molecule is CC(O)CCN(C)S(=O)(=O)c1ccccc1NN. The molecule has 0 amide bonds. The lowest BCUT2D eigenvalue weighted by molar-refractivity contribution is 0.177. The normalized spacial score (nSPS) is 13.6. The molecule has 1 aromatic rings. The van der Waals surface area contributed by atoms with Crippen LogP contribution in [0.15, 0.2) is 29.2 Å². The highest BCUT2D eigenvalue weighted by Gasteiger charge is 2.23. The molecule has 0 spiro atoms. The van der Waals surface area contributed by atoms with Crippen molar-refractivity contribution in [3.05, 3.63) is 24.3 Å². The predicted octanol–water partition coefficient (Wildman–Crippen LogP) is 0.364. The van der Waals surface area contributed by atoms with Gasteiger partial charge in [-0.2, -0.15) is 0 Å². The summed E-state index contributed by atoms with van der Waals surface area (Å²) in [6, 6.07) is 6.42. The number of anilines is 1. The Hall–Kier alpha value is -1.15. The lowest BCUT2D eigenvalue weighted by Gasteiger charge is -2.19. The summed E-state index contributed by atoms with van der Waals surface area (Å²) in [5.41, 5.74) is 2.71. The van der Waals surface area contributed by atoms with Gasteiger partial charge in [-0.25, -0.2) is 12.7 Å². The Balaban J connectivity index is 2.98. The first-order valence-electron chi connectivity index (χ1n) is 5.59. The zero-order valence-electron chi connectivity index (χ0n) is 10.5. The number of benzene rings is 1. The molecule has 1 rings (SSSR count). The van der Waals surface area contributed by atoms with Crippen molar-refractivity contribution < 1.29 is 13.5 Å². The van der Waals surface area contributed by atoms with E-state index in [2.05, 4.69) is 5.43 Å². The second kappa shape index (κ2) is 6.14. The van der Waals surface area contributed by atoms with Gasteiger partial charge in [0.15, 0.2) is 0 Å². The van der Waals surface area contributed by atoms with Crippen LogP contribution < -0.4 is 11.3 Å². The van der Waals surface area contributed by atoms with Crippen LogP contribution in [0.3, 0.4) is 0 Å². The van der Waals surface area contributed by atoms with Crippen molar-refractivity contribution in [2.75, 3.05) is 19.0 Å². The number of aliphatic hydroxyl groups excluding tert-OH is 1. The Morgan fingerprint density at radius 3 is 2.61 bits per heavy atom. The summed E-state index contributed by atoms with van der Waals surface area (Å²) in [6.07, 6.45) is -0.154. The molecule has 1 atom stereocenters. The fourth-order valence-corrected chi connectivity index (χ4v) is 2.80. The Kier molecular flexibility index (Phi) is 5.09. The van der Waals surface area contributed by atoms with Gasteiger partial charge < -0.3 is 10.5 Å². The van der Waals surface area contributed by atoms with E-state index in [0.717, 1.165) is 0 Å². The number of aliphatic hydroxyl groups is 1. The van der Waals surface area contributed by atoms with Crippen LogP contribution in [0.5, 0.6) is 0 Å². The fourth-order valence-electron chi connectivity index (χ4n) is 1.47. The van der Waals surface area contributed by atoms with Crippen molar-refractivity contribution in [3.8, 4) is 0 Å². The van der Waals surface area contributed by atoms with E-state index in [1.165, 1.54) is 17.4 Å². The van der Waals surface area contributed by atoms with Gasteiger partial charge in [-0.15, -0.1) is 0 Å². The van der Waals surface area contributed by atoms with Gasteiger partial charge in [-0.1, -0.05) is 12.1 Å². The molecule has 1 aromatic carbocycles. The number of hydrogen-bond acceptors (Lipinski definition) is 5. The summed E-state index contributed by atoms with van der Waals surface area (Å²) in [4.78, 5) is 0.126. The van der Waals surface area contributed by atoms with Crippen molar-refractivity contribution >= 4 is 15.7 Å². The maximum Gasteiger partial charge on any atom is 0.244 e. The third kappa shape index (κ3) is 3.42. The molecule has 7 heteroatoms. The molecular weight excluding hydrogens is 254 g/mol. The first-order chi connectivity index (χ1) is 8.39. The molecule has 0 bridgehead atoms. The maximum atomic E-state index is 12.3. The number of rotatable bonds is 6. The molecule has 0 fully saturated rings. The van der Waals surface area contributed by atoms with Crippen LogP contribution in [0.4, 0.5) is 5.69 Å². The second-order valence-electron chi connectivity index (χ2n) is 4.10. The predicted molar refractivity (Wildman–Crippen MR) is 70.4 cm³/mol. The minimum atomic E-state index is -3.60. The van der Waals surface area contributed by atoms with Crippen LogP contribution in [0.1, 0.15) is 13.3 Å². The average Bonchev–Trinajstić information content (AvgIpc) is 2.35. The van der Waals surface area contributed by atoms with Gasteiger partial charge in [0, 0.05) is 13.6 Å². The highest BCUT2D eigenvalue weighted by molar-refractivity contribution is 7.89. The molecule has 102 valence electrons. The van der Waals surface area contributed by atoms with Crippen LogP contribution in [-0.4, -0.2) is 37.5 Å². The van der Waals surface area contributed by atoms with E-state index in [-0.39, 0.29) is 11.4 Å². The molecule has 0 aliphatic rings. The molecule has 0 heterocycles. The lowest BCUT2D eigenvalue weighted by Crippen LogP contribution is -2.30. The number of nitrogens with zero attached hydrogens (tertiary/aromatic N) is 1. The number of nitrogens with one attached hydrogen (secondary N) is 1. The highest BCUT2D eigenvalue weighted by Crippen LogP contribution is 2.22. The van der Waals surface area contributed by atoms with Crippen LogP contribution >= 0.6 is 0 Å². The third-order valence-electron chi connectivity index (χ3n) is 2.59. The number of para-hydroxylation sites is 1. The highest BCUT2D eigenvalue weighted by atomic mass is 32.2. The maximum absolute atomic E-state index is 12.3. The van der Waals surface area contributed by atoms with E-state index in [0.29, 0.717) is 12.1 Å². The van der Waals surface area contributed by atoms with E-state index in [1.807, 2.05) is 0 Å². The van der Waals surface area contributed by atoms with Crippen LogP contribution in [0, 0.1) is 0 Å². The van der Waals surface area contributed by atoms with E-state index in [9.17, 15) is 13.5 Å². The molecule has 4 N–H and O–H groups in total. The first kappa shape index (κ1) is 14.9. The Labute approximate surface area is 107 Å². The van der Waals surface area contributed by atoms with E-state index >= 15 is 0 Å². The summed E-state index contributed by atoms with van der Waals surface area (Å²) in [7, 11) is -2.12. The third-order valence-corrected chi connectivity index (χ3v) is 4.51. The van der Waals surface area contributed by atoms with Gasteiger partial charge in [-0.3, -0.25) is 5.84 Å².